The van der Waals surface area contributed by atoms with Crippen molar-refractivity contribution in [2.24, 2.45) is 0 Å². The van der Waals surface area contributed by atoms with Gasteiger partial charge in [-0.25, -0.2) is 4.79 Å². The van der Waals surface area contributed by atoms with E-state index < -0.39 is 22.1 Å². The quantitative estimate of drug-likeness (QED) is 0.0502. The summed E-state index contributed by atoms with van der Waals surface area (Å²) in [7, 11) is -2.08. The van der Waals surface area contributed by atoms with Crippen molar-refractivity contribution in [3.63, 3.8) is 0 Å². The van der Waals surface area contributed by atoms with Crippen molar-refractivity contribution in [2.45, 2.75) is 70.8 Å². The van der Waals surface area contributed by atoms with E-state index in [1.165, 1.54) is 12.2 Å². The fraction of sp³-hybridized carbons (Fsp3) is 0.630. The molecular weight excluding hydrogens is 638 g/mol. The zero-order valence-corrected chi connectivity index (χ0v) is 29.3. The third-order valence-corrected chi connectivity index (χ3v) is 9.63. The minimum Gasteiger partial charge on any atom is -0.465 e. The Morgan fingerprint density at radius 1 is 1.03 bits per heavy atom. The van der Waals surface area contributed by atoms with Crippen molar-refractivity contribution in [3.8, 4) is 5.75 Å². The van der Waals surface area contributed by atoms with Gasteiger partial charge in [-0.05, 0) is 31.1 Å². The molecule has 0 saturated heterocycles. The van der Waals surface area contributed by atoms with Gasteiger partial charge in [-0.1, -0.05) is 61.9 Å². The van der Waals surface area contributed by atoms with Gasteiger partial charge in [0.05, 0.1) is 18.3 Å². The van der Waals surface area contributed by atoms with Crippen molar-refractivity contribution < 1.29 is 47.3 Å². The number of fused-ring (bicyclic) bond motifs is 1. The molecule has 1 atom stereocenters. The largest absolute Gasteiger partial charge is 1.00 e. The SMILES string of the molecule is CCOC(=O)c1c(OCOCC[Si](C)(C)C)cnc2cccnc12.[CH2-]CC(CI)OCOCC[Si](C)(C)C.[Li+]. The molecule has 216 valence electrons. The second-order valence-corrected chi connectivity index (χ2v) is 23.3. The molecule has 0 bridgehead atoms. The molecule has 8 nitrogen and oxygen atoms in total. The van der Waals surface area contributed by atoms with Gasteiger partial charge >= 0.3 is 24.8 Å². The van der Waals surface area contributed by atoms with E-state index in [1.807, 2.05) is 0 Å². The molecular formula is C27H46ILiN2O6Si2. The Kier molecular flexibility index (Phi) is 20.1. The third kappa shape index (κ3) is 17.1. The van der Waals surface area contributed by atoms with E-state index in [0.717, 1.165) is 23.5 Å². The topological polar surface area (TPSA) is 89.0 Å². The number of alkyl halides is 1. The maximum absolute atomic E-state index is 12.3. The van der Waals surface area contributed by atoms with Crippen LogP contribution in [0.5, 0.6) is 5.75 Å². The summed E-state index contributed by atoms with van der Waals surface area (Å²) < 4.78 is 28.2. The summed E-state index contributed by atoms with van der Waals surface area (Å²) in [4.78, 5) is 20.8. The van der Waals surface area contributed by atoms with E-state index in [1.54, 1.807) is 25.3 Å². The van der Waals surface area contributed by atoms with Crippen LogP contribution in [0.25, 0.3) is 11.0 Å². The molecule has 0 aliphatic rings. The van der Waals surface area contributed by atoms with Crippen molar-refractivity contribution >= 4 is 55.7 Å². The number of hydrogen-bond donors (Lipinski definition) is 0. The maximum atomic E-state index is 12.3. The molecule has 0 amide bonds. The predicted octanol–water partition coefficient (Wildman–Crippen LogP) is 3.84. The Balaban J connectivity index is 0.000000831. The Labute approximate surface area is 263 Å². The summed E-state index contributed by atoms with van der Waals surface area (Å²) in [6.07, 6.45) is 4.20. The van der Waals surface area contributed by atoms with Crippen LogP contribution in [-0.4, -0.2) is 76.0 Å². The molecule has 0 fully saturated rings. The zero-order chi connectivity index (χ0) is 28.6. The first-order chi connectivity index (χ1) is 17.9. The number of carbonyl (C=O) groups excluding carboxylic acids is 1. The van der Waals surface area contributed by atoms with E-state index in [-0.39, 0.29) is 43.9 Å². The molecule has 1 unspecified atom stereocenters. The van der Waals surface area contributed by atoms with Crippen LogP contribution in [0.3, 0.4) is 0 Å². The van der Waals surface area contributed by atoms with Gasteiger partial charge < -0.3 is 30.6 Å². The van der Waals surface area contributed by atoms with Crippen LogP contribution in [0.4, 0.5) is 0 Å². The first-order valence-corrected chi connectivity index (χ1v) is 22.0. The number of aromatic nitrogens is 2. The minimum atomic E-state index is -1.14. The van der Waals surface area contributed by atoms with Crippen LogP contribution in [-0.2, 0) is 18.9 Å². The molecule has 0 N–H and O–H groups in total. The standard InChI is InChI=1S/C17H24N2O4Si.C10H22IO2Si.Li/c1-5-22-17(20)15-14(23-12-21-9-10-24(2,3)4)11-19-13-7-6-8-18-16(13)15;1-5-10(8-11)13-9-12-6-7-14(2,3)4;/h6-8,11H,5,9-10,12H2,1-4H3;10H,1,5-9H2,2-4H3;/q;-1;+1. The van der Waals surface area contributed by atoms with Crippen LogP contribution >= 0.6 is 22.6 Å². The fourth-order valence-corrected chi connectivity index (χ4v) is 5.05. The molecule has 0 aliphatic carbocycles. The average Bonchev–Trinajstić information content (AvgIpc) is 2.85. The smallest absolute Gasteiger partial charge is 0.465 e. The third-order valence-electron chi connectivity index (χ3n) is 5.24. The van der Waals surface area contributed by atoms with E-state index >= 15 is 0 Å². The van der Waals surface area contributed by atoms with E-state index in [4.69, 9.17) is 23.7 Å². The summed E-state index contributed by atoms with van der Waals surface area (Å²) in [5, 5.41) is 0. The van der Waals surface area contributed by atoms with Crippen LogP contribution in [0.15, 0.2) is 24.5 Å². The summed E-state index contributed by atoms with van der Waals surface area (Å²) in [5.74, 6) is -0.145. The molecule has 0 saturated carbocycles. The number of hydrogen-bond acceptors (Lipinski definition) is 8. The minimum absolute atomic E-state index is 0. The molecule has 2 aromatic rings. The maximum Gasteiger partial charge on any atom is 1.00 e. The molecule has 2 aromatic heterocycles. The first-order valence-electron chi connectivity index (χ1n) is 13.1. The molecule has 12 heteroatoms. The predicted molar refractivity (Wildman–Crippen MR) is 168 cm³/mol. The molecule has 0 spiro atoms. The summed E-state index contributed by atoms with van der Waals surface area (Å²) in [6, 6.07) is 5.82. The Morgan fingerprint density at radius 2 is 1.64 bits per heavy atom. The van der Waals surface area contributed by atoms with Crippen molar-refractivity contribution in [1.82, 2.24) is 9.97 Å². The summed E-state index contributed by atoms with van der Waals surface area (Å²) >= 11 is 2.31. The number of rotatable bonds is 16. The van der Waals surface area contributed by atoms with Gasteiger partial charge in [-0.2, -0.15) is 6.42 Å². The second kappa shape index (κ2) is 20.4. The van der Waals surface area contributed by atoms with Crippen LogP contribution in [0.1, 0.15) is 23.7 Å². The normalized spacial score (nSPS) is 12.2. The van der Waals surface area contributed by atoms with E-state index in [2.05, 4.69) is 78.8 Å². The van der Waals surface area contributed by atoms with Gasteiger partial charge in [-0.3, -0.25) is 9.97 Å². The molecule has 2 rings (SSSR count). The number of pyridine rings is 2. The van der Waals surface area contributed by atoms with Crippen molar-refractivity contribution in [2.75, 3.05) is 37.8 Å². The molecule has 0 aliphatic heterocycles. The summed E-state index contributed by atoms with van der Waals surface area (Å²) in [5.41, 5.74) is 1.37. The zero-order valence-electron chi connectivity index (χ0n) is 25.2. The molecule has 2 heterocycles. The number of esters is 1. The number of ether oxygens (including phenoxy) is 5. The van der Waals surface area contributed by atoms with Gasteiger partial charge in [0, 0.05) is 46.1 Å². The second-order valence-electron chi connectivity index (χ2n) is 11.1. The van der Waals surface area contributed by atoms with Gasteiger partial charge in [0.25, 0.3) is 0 Å². The number of nitrogens with zero attached hydrogens (tertiary/aromatic N) is 2. The Morgan fingerprint density at radius 3 is 2.18 bits per heavy atom. The van der Waals surface area contributed by atoms with Crippen LogP contribution in [0.2, 0.25) is 51.4 Å². The van der Waals surface area contributed by atoms with Crippen molar-refractivity contribution in [1.29, 1.82) is 0 Å². The summed E-state index contributed by atoms with van der Waals surface area (Å²) in [6.45, 7) is 21.7. The molecule has 39 heavy (non-hydrogen) atoms. The van der Waals surface area contributed by atoms with Gasteiger partial charge in [0.1, 0.15) is 17.9 Å². The van der Waals surface area contributed by atoms with Crippen molar-refractivity contribution in [3.05, 3.63) is 37.0 Å². The molecule has 0 radical (unpaired) electrons. The van der Waals surface area contributed by atoms with Gasteiger partial charge in [0.15, 0.2) is 12.5 Å². The Bertz CT molecular complexity index is 956. The average molecular weight is 685 g/mol. The van der Waals surface area contributed by atoms with Gasteiger partial charge in [-0.15, -0.1) is 0 Å². The van der Waals surface area contributed by atoms with Crippen LogP contribution < -0.4 is 23.6 Å². The fourth-order valence-electron chi connectivity index (χ4n) is 2.84. The van der Waals surface area contributed by atoms with Gasteiger partial charge in [0.2, 0.25) is 0 Å². The number of carbonyl (C=O) groups is 1. The van der Waals surface area contributed by atoms with E-state index in [0.29, 0.717) is 30.2 Å². The first kappa shape index (κ1) is 38.5. The Hall–Kier alpha value is -0.529. The monoisotopic (exact) mass is 684 g/mol. The van der Waals surface area contributed by atoms with E-state index in [9.17, 15) is 4.79 Å². The molecule has 0 aromatic carbocycles. The van der Waals surface area contributed by atoms with Crippen LogP contribution in [0, 0.1) is 6.92 Å². The number of halogens is 1.